The van der Waals surface area contributed by atoms with Gasteiger partial charge in [0.1, 0.15) is 0 Å². The average Bonchev–Trinajstić information content (AvgIpc) is 2.83. The van der Waals surface area contributed by atoms with Crippen LogP contribution in [0.3, 0.4) is 0 Å². The number of ether oxygens (including phenoxy) is 1. The molecule has 1 fully saturated rings. The number of rotatable bonds is 5. The molecule has 5 nitrogen and oxygen atoms in total. The Morgan fingerprint density at radius 1 is 1.45 bits per heavy atom. The van der Waals surface area contributed by atoms with Crippen molar-refractivity contribution in [3.05, 3.63) is 29.8 Å². The van der Waals surface area contributed by atoms with E-state index < -0.39 is 5.97 Å². The lowest BCUT2D eigenvalue weighted by Crippen LogP contribution is -2.27. The molecule has 1 aliphatic rings. The van der Waals surface area contributed by atoms with Crippen LogP contribution in [-0.2, 0) is 20.7 Å². The molecule has 2 unspecified atom stereocenters. The second kappa shape index (κ2) is 6.52. The van der Waals surface area contributed by atoms with E-state index in [0.717, 1.165) is 12.0 Å². The zero-order valence-electron chi connectivity index (χ0n) is 11.5. The van der Waals surface area contributed by atoms with Gasteiger partial charge in [-0.15, -0.1) is 0 Å². The zero-order chi connectivity index (χ0) is 14.5. The molecule has 108 valence electrons. The van der Waals surface area contributed by atoms with Crippen LogP contribution >= 0.6 is 0 Å². The van der Waals surface area contributed by atoms with E-state index in [1.807, 2.05) is 31.2 Å². The Bertz CT molecular complexity index is 500. The van der Waals surface area contributed by atoms with Gasteiger partial charge in [-0.3, -0.25) is 9.59 Å². The smallest absolute Gasteiger partial charge is 0.303 e. The highest BCUT2D eigenvalue weighted by atomic mass is 16.5. The predicted molar refractivity (Wildman–Crippen MR) is 74.5 cm³/mol. The fraction of sp³-hybridized carbons (Fsp3) is 0.467. The molecule has 1 saturated heterocycles. The topological polar surface area (TPSA) is 75.6 Å². The van der Waals surface area contributed by atoms with Crippen LogP contribution in [0.2, 0.25) is 0 Å². The molecule has 20 heavy (non-hydrogen) atoms. The van der Waals surface area contributed by atoms with Gasteiger partial charge in [-0.2, -0.15) is 0 Å². The average molecular weight is 277 g/mol. The highest BCUT2D eigenvalue weighted by molar-refractivity contribution is 5.93. The lowest BCUT2D eigenvalue weighted by molar-refractivity contribution is -0.137. The van der Waals surface area contributed by atoms with Crippen molar-refractivity contribution in [3.63, 3.8) is 0 Å². The van der Waals surface area contributed by atoms with Crippen LogP contribution in [0.1, 0.15) is 25.3 Å². The Labute approximate surface area is 117 Å². The second-order valence-corrected chi connectivity index (χ2v) is 5.05. The SMILES string of the molecule is CC1OCCC1C(=O)Nc1cccc(CCC(=O)O)c1. The van der Waals surface area contributed by atoms with Crippen molar-refractivity contribution in [2.24, 2.45) is 5.92 Å². The number of hydrogen-bond donors (Lipinski definition) is 2. The van der Waals surface area contributed by atoms with E-state index in [4.69, 9.17) is 9.84 Å². The van der Waals surface area contributed by atoms with Crippen LogP contribution in [0, 0.1) is 5.92 Å². The molecule has 0 saturated carbocycles. The maximum absolute atomic E-state index is 12.1. The summed E-state index contributed by atoms with van der Waals surface area (Å²) in [5.74, 6) is -0.973. The number of carboxylic acids is 1. The van der Waals surface area contributed by atoms with Crippen LogP contribution in [0.4, 0.5) is 5.69 Å². The molecule has 2 N–H and O–H groups in total. The van der Waals surface area contributed by atoms with Crippen LogP contribution in [0.25, 0.3) is 0 Å². The van der Waals surface area contributed by atoms with E-state index in [9.17, 15) is 9.59 Å². The largest absolute Gasteiger partial charge is 0.481 e. The van der Waals surface area contributed by atoms with Gasteiger partial charge in [0.25, 0.3) is 0 Å². The lowest BCUT2D eigenvalue weighted by Gasteiger charge is -2.14. The van der Waals surface area contributed by atoms with Crippen LogP contribution in [0.15, 0.2) is 24.3 Å². The first-order valence-electron chi connectivity index (χ1n) is 6.79. The third kappa shape index (κ3) is 3.81. The molecule has 0 spiro atoms. The van der Waals surface area contributed by atoms with Crippen molar-refractivity contribution in [1.29, 1.82) is 0 Å². The maximum atomic E-state index is 12.1. The predicted octanol–water partition coefficient (Wildman–Crippen LogP) is 2.07. The molecule has 1 aromatic carbocycles. The highest BCUT2D eigenvalue weighted by Gasteiger charge is 2.30. The number of benzene rings is 1. The molecule has 5 heteroatoms. The quantitative estimate of drug-likeness (QED) is 0.864. The normalized spacial score (nSPS) is 21.6. The van der Waals surface area contributed by atoms with Crippen molar-refractivity contribution in [3.8, 4) is 0 Å². The Morgan fingerprint density at radius 2 is 2.25 bits per heavy atom. The summed E-state index contributed by atoms with van der Waals surface area (Å²) in [4.78, 5) is 22.7. The van der Waals surface area contributed by atoms with Gasteiger partial charge < -0.3 is 15.2 Å². The minimum atomic E-state index is -0.823. The third-order valence-corrected chi connectivity index (χ3v) is 3.54. The zero-order valence-corrected chi connectivity index (χ0v) is 11.5. The number of aryl methyl sites for hydroxylation is 1. The van der Waals surface area contributed by atoms with Gasteiger partial charge in [0, 0.05) is 18.7 Å². The second-order valence-electron chi connectivity index (χ2n) is 5.05. The van der Waals surface area contributed by atoms with Gasteiger partial charge >= 0.3 is 5.97 Å². The van der Waals surface area contributed by atoms with Crippen LogP contribution in [0.5, 0.6) is 0 Å². The minimum Gasteiger partial charge on any atom is -0.481 e. The number of carbonyl (C=O) groups excluding carboxylic acids is 1. The number of carboxylic acid groups (broad SMARTS) is 1. The van der Waals surface area contributed by atoms with Gasteiger partial charge in [0.15, 0.2) is 0 Å². The summed E-state index contributed by atoms with van der Waals surface area (Å²) in [6.45, 7) is 2.53. The first-order chi connectivity index (χ1) is 9.56. The lowest BCUT2D eigenvalue weighted by atomic mass is 10.0. The molecule has 1 amide bonds. The summed E-state index contributed by atoms with van der Waals surface area (Å²) < 4.78 is 5.39. The third-order valence-electron chi connectivity index (χ3n) is 3.54. The minimum absolute atomic E-state index is 0.0367. The molecule has 1 heterocycles. The first-order valence-corrected chi connectivity index (χ1v) is 6.79. The Morgan fingerprint density at radius 3 is 2.90 bits per heavy atom. The number of carbonyl (C=O) groups is 2. The molecule has 2 rings (SSSR count). The van der Waals surface area contributed by atoms with Gasteiger partial charge in [-0.25, -0.2) is 0 Å². The molecule has 0 aromatic heterocycles. The van der Waals surface area contributed by atoms with Gasteiger partial charge in [0.05, 0.1) is 12.0 Å². The Hall–Kier alpha value is -1.88. The van der Waals surface area contributed by atoms with Crippen molar-refractivity contribution < 1.29 is 19.4 Å². The highest BCUT2D eigenvalue weighted by Crippen LogP contribution is 2.22. The standard InChI is InChI=1S/C15H19NO4/c1-10-13(7-8-20-10)15(19)16-12-4-2-3-11(9-12)5-6-14(17)18/h2-4,9-10,13H,5-8H2,1H3,(H,16,19)(H,17,18). The summed E-state index contributed by atoms with van der Waals surface area (Å²) in [5, 5.41) is 11.6. The van der Waals surface area contributed by atoms with Gasteiger partial charge in [-0.05, 0) is 37.5 Å². The summed E-state index contributed by atoms with van der Waals surface area (Å²) in [5.41, 5.74) is 1.61. The molecule has 1 aliphatic heterocycles. The summed E-state index contributed by atoms with van der Waals surface area (Å²) in [6, 6.07) is 7.31. The Balaban J connectivity index is 1.96. The van der Waals surface area contributed by atoms with Crippen LogP contribution < -0.4 is 5.32 Å². The molecule has 0 aliphatic carbocycles. The molecule has 2 atom stereocenters. The number of aliphatic carboxylic acids is 1. The van der Waals surface area contributed by atoms with Crippen LogP contribution in [-0.4, -0.2) is 29.7 Å². The summed E-state index contributed by atoms with van der Waals surface area (Å²) >= 11 is 0. The molecular weight excluding hydrogens is 258 g/mol. The van der Waals surface area contributed by atoms with Crippen molar-refractivity contribution in [1.82, 2.24) is 0 Å². The molecule has 1 aromatic rings. The number of amides is 1. The molecule has 0 bridgehead atoms. The van der Waals surface area contributed by atoms with Gasteiger partial charge in [0.2, 0.25) is 5.91 Å². The van der Waals surface area contributed by atoms with E-state index >= 15 is 0 Å². The van der Waals surface area contributed by atoms with Crippen molar-refractivity contribution in [2.75, 3.05) is 11.9 Å². The molecular formula is C15H19NO4. The monoisotopic (exact) mass is 277 g/mol. The Kier molecular flexibility index (Phi) is 4.74. The fourth-order valence-corrected chi connectivity index (χ4v) is 2.37. The maximum Gasteiger partial charge on any atom is 0.303 e. The molecule has 0 radical (unpaired) electrons. The van der Waals surface area contributed by atoms with Crippen molar-refractivity contribution >= 4 is 17.6 Å². The van der Waals surface area contributed by atoms with E-state index in [2.05, 4.69) is 5.32 Å². The summed E-state index contributed by atoms with van der Waals surface area (Å²) in [6.07, 6.45) is 1.24. The van der Waals surface area contributed by atoms with Gasteiger partial charge in [-0.1, -0.05) is 12.1 Å². The van der Waals surface area contributed by atoms with E-state index in [1.54, 1.807) is 0 Å². The number of nitrogens with one attached hydrogen (secondary N) is 1. The van der Waals surface area contributed by atoms with E-state index in [-0.39, 0.29) is 24.3 Å². The number of anilines is 1. The van der Waals surface area contributed by atoms with E-state index in [1.165, 1.54) is 0 Å². The fourth-order valence-electron chi connectivity index (χ4n) is 2.37. The summed E-state index contributed by atoms with van der Waals surface area (Å²) in [7, 11) is 0. The number of hydrogen-bond acceptors (Lipinski definition) is 3. The first kappa shape index (κ1) is 14.5. The van der Waals surface area contributed by atoms with Crippen molar-refractivity contribution in [2.45, 2.75) is 32.3 Å². The van der Waals surface area contributed by atoms with E-state index in [0.29, 0.717) is 18.7 Å².